The zero-order valence-corrected chi connectivity index (χ0v) is 13.9. The molecule has 0 aromatic heterocycles. The molecular formula is C21H25NO2. The van der Waals surface area contributed by atoms with E-state index < -0.39 is 5.97 Å². The highest BCUT2D eigenvalue weighted by Crippen LogP contribution is 2.39. The predicted molar refractivity (Wildman–Crippen MR) is 96.1 cm³/mol. The molecule has 1 aliphatic carbocycles. The minimum atomic E-state index is -0.733. The Morgan fingerprint density at radius 3 is 2.38 bits per heavy atom. The Balaban J connectivity index is 1.56. The molecular weight excluding hydrogens is 298 g/mol. The van der Waals surface area contributed by atoms with Crippen LogP contribution in [0.5, 0.6) is 0 Å². The number of nitrogens with one attached hydrogen (secondary N) is 1. The topological polar surface area (TPSA) is 49.3 Å². The Bertz CT molecular complexity index is 647. The Labute approximate surface area is 143 Å². The van der Waals surface area contributed by atoms with Crippen LogP contribution >= 0.6 is 0 Å². The first-order valence-electron chi connectivity index (χ1n) is 8.78. The molecule has 0 amide bonds. The largest absolute Gasteiger partial charge is 0.481 e. The van der Waals surface area contributed by atoms with E-state index in [1.54, 1.807) is 0 Å². The van der Waals surface area contributed by atoms with Gasteiger partial charge in [-0.05, 0) is 48.3 Å². The summed E-state index contributed by atoms with van der Waals surface area (Å²) >= 11 is 0. The van der Waals surface area contributed by atoms with Crippen LogP contribution in [0.1, 0.15) is 48.3 Å². The molecule has 1 atom stereocenters. The number of carbonyl (C=O) groups is 1. The number of aliphatic carboxylic acids is 1. The molecule has 3 rings (SSSR count). The maximum absolute atomic E-state index is 10.9. The number of hydrogen-bond donors (Lipinski definition) is 2. The molecule has 0 saturated heterocycles. The van der Waals surface area contributed by atoms with Gasteiger partial charge in [0.05, 0.1) is 0 Å². The van der Waals surface area contributed by atoms with E-state index in [2.05, 4.69) is 41.7 Å². The maximum atomic E-state index is 10.9. The van der Waals surface area contributed by atoms with E-state index in [1.165, 1.54) is 29.5 Å². The van der Waals surface area contributed by atoms with Crippen LogP contribution < -0.4 is 5.32 Å². The Morgan fingerprint density at radius 1 is 1.04 bits per heavy atom. The summed E-state index contributed by atoms with van der Waals surface area (Å²) in [4.78, 5) is 10.9. The van der Waals surface area contributed by atoms with E-state index >= 15 is 0 Å². The van der Waals surface area contributed by atoms with Crippen LogP contribution in [0.4, 0.5) is 0 Å². The second-order valence-electron chi connectivity index (χ2n) is 6.72. The minimum Gasteiger partial charge on any atom is -0.481 e. The van der Waals surface area contributed by atoms with Crippen LogP contribution in [0.25, 0.3) is 0 Å². The first-order valence-corrected chi connectivity index (χ1v) is 8.78. The molecule has 1 fully saturated rings. The highest BCUT2D eigenvalue weighted by Gasteiger charge is 2.22. The Hall–Kier alpha value is -2.13. The standard InChI is InChI=1S/C21H25NO2/c23-21(24)13-12-20(14-16-4-2-1-3-5-16)22-15-17-6-8-18(9-7-17)19-10-11-19/h1-9,19-20,22H,10-15H2,(H,23,24). The second kappa shape index (κ2) is 8.11. The van der Waals surface area contributed by atoms with Gasteiger partial charge >= 0.3 is 5.97 Å². The van der Waals surface area contributed by atoms with Gasteiger partial charge < -0.3 is 10.4 Å². The molecule has 0 bridgehead atoms. The molecule has 24 heavy (non-hydrogen) atoms. The van der Waals surface area contributed by atoms with Crippen molar-refractivity contribution in [3.8, 4) is 0 Å². The van der Waals surface area contributed by atoms with Crippen LogP contribution in [0, 0.1) is 0 Å². The third-order valence-electron chi connectivity index (χ3n) is 4.65. The van der Waals surface area contributed by atoms with Crippen molar-refractivity contribution in [3.05, 3.63) is 71.3 Å². The van der Waals surface area contributed by atoms with Crippen molar-refractivity contribution in [1.29, 1.82) is 0 Å². The first kappa shape index (κ1) is 16.7. The molecule has 1 saturated carbocycles. The van der Waals surface area contributed by atoms with Crippen LogP contribution in [0.15, 0.2) is 54.6 Å². The third-order valence-corrected chi connectivity index (χ3v) is 4.65. The normalized spacial score (nSPS) is 15.2. The van der Waals surface area contributed by atoms with Gasteiger partial charge in [0, 0.05) is 19.0 Å². The Morgan fingerprint density at radius 2 is 1.75 bits per heavy atom. The molecule has 0 radical (unpaired) electrons. The summed E-state index contributed by atoms with van der Waals surface area (Å²) in [6.07, 6.45) is 4.35. The molecule has 2 aromatic carbocycles. The van der Waals surface area contributed by atoms with Crippen LogP contribution in [0.2, 0.25) is 0 Å². The Kier molecular flexibility index (Phi) is 5.65. The molecule has 1 aliphatic rings. The third kappa shape index (κ3) is 5.20. The van der Waals surface area contributed by atoms with Crippen molar-refractivity contribution in [2.45, 2.75) is 50.6 Å². The molecule has 2 N–H and O–H groups in total. The summed E-state index contributed by atoms with van der Waals surface area (Å²) in [5.41, 5.74) is 3.95. The lowest BCUT2D eigenvalue weighted by molar-refractivity contribution is -0.137. The highest BCUT2D eigenvalue weighted by atomic mass is 16.4. The second-order valence-corrected chi connectivity index (χ2v) is 6.72. The lowest BCUT2D eigenvalue weighted by atomic mass is 10.0. The molecule has 126 valence electrons. The lowest BCUT2D eigenvalue weighted by Gasteiger charge is -2.18. The molecule has 3 nitrogen and oxygen atoms in total. The molecule has 3 heteroatoms. The quantitative estimate of drug-likeness (QED) is 0.729. The first-order chi connectivity index (χ1) is 11.7. The number of hydrogen-bond acceptors (Lipinski definition) is 2. The highest BCUT2D eigenvalue weighted by molar-refractivity contribution is 5.66. The monoisotopic (exact) mass is 323 g/mol. The average Bonchev–Trinajstić information content (AvgIpc) is 3.44. The van der Waals surface area contributed by atoms with Crippen molar-refractivity contribution in [3.63, 3.8) is 0 Å². The van der Waals surface area contributed by atoms with Crippen molar-refractivity contribution in [2.75, 3.05) is 0 Å². The summed E-state index contributed by atoms with van der Waals surface area (Å²) in [6, 6.07) is 19.3. The van der Waals surface area contributed by atoms with Crippen LogP contribution in [-0.4, -0.2) is 17.1 Å². The number of carboxylic acids is 1. The van der Waals surface area contributed by atoms with Gasteiger partial charge in [-0.3, -0.25) is 4.79 Å². The summed E-state index contributed by atoms with van der Waals surface area (Å²) in [6.45, 7) is 0.780. The van der Waals surface area contributed by atoms with Crippen molar-refractivity contribution in [2.24, 2.45) is 0 Å². The van der Waals surface area contributed by atoms with Gasteiger partial charge in [0.25, 0.3) is 0 Å². The number of carboxylic acid groups (broad SMARTS) is 1. The van der Waals surface area contributed by atoms with E-state index in [4.69, 9.17) is 5.11 Å². The predicted octanol–water partition coefficient (Wildman–Crippen LogP) is 4.13. The molecule has 0 spiro atoms. The van der Waals surface area contributed by atoms with E-state index in [-0.39, 0.29) is 12.5 Å². The van der Waals surface area contributed by atoms with Gasteiger partial charge in [-0.25, -0.2) is 0 Å². The van der Waals surface area contributed by atoms with Gasteiger partial charge in [-0.2, -0.15) is 0 Å². The fraction of sp³-hybridized carbons (Fsp3) is 0.381. The van der Waals surface area contributed by atoms with Gasteiger partial charge in [0.1, 0.15) is 0 Å². The van der Waals surface area contributed by atoms with E-state index in [0.717, 1.165) is 18.9 Å². The van der Waals surface area contributed by atoms with Crippen LogP contribution in [0.3, 0.4) is 0 Å². The summed E-state index contributed by atoms with van der Waals surface area (Å²) in [5, 5.41) is 12.5. The summed E-state index contributed by atoms with van der Waals surface area (Å²) in [5.74, 6) is 0.0528. The zero-order valence-electron chi connectivity index (χ0n) is 13.9. The smallest absolute Gasteiger partial charge is 0.303 e. The molecule has 0 aliphatic heterocycles. The van der Waals surface area contributed by atoms with Gasteiger partial charge in [0.2, 0.25) is 0 Å². The minimum absolute atomic E-state index is 0.173. The van der Waals surface area contributed by atoms with Gasteiger partial charge in [0.15, 0.2) is 0 Å². The summed E-state index contributed by atoms with van der Waals surface area (Å²) < 4.78 is 0. The summed E-state index contributed by atoms with van der Waals surface area (Å²) in [7, 11) is 0. The number of rotatable bonds is 9. The number of benzene rings is 2. The fourth-order valence-electron chi connectivity index (χ4n) is 3.06. The van der Waals surface area contributed by atoms with Gasteiger partial charge in [-0.1, -0.05) is 54.6 Å². The lowest BCUT2D eigenvalue weighted by Crippen LogP contribution is -2.31. The maximum Gasteiger partial charge on any atom is 0.303 e. The zero-order chi connectivity index (χ0) is 16.8. The molecule has 1 unspecified atom stereocenters. The fourth-order valence-corrected chi connectivity index (χ4v) is 3.06. The van der Waals surface area contributed by atoms with Gasteiger partial charge in [-0.15, -0.1) is 0 Å². The van der Waals surface area contributed by atoms with Crippen molar-refractivity contribution < 1.29 is 9.90 Å². The van der Waals surface area contributed by atoms with E-state index in [9.17, 15) is 4.79 Å². The SMILES string of the molecule is O=C(O)CCC(Cc1ccccc1)NCc1ccc(C2CC2)cc1. The average molecular weight is 323 g/mol. The van der Waals surface area contributed by atoms with E-state index in [1.807, 2.05) is 18.2 Å². The van der Waals surface area contributed by atoms with Crippen molar-refractivity contribution in [1.82, 2.24) is 5.32 Å². The van der Waals surface area contributed by atoms with Crippen molar-refractivity contribution >= 4 is 5.97 Å². The molecule has 0 heterocycles. The van der Waals surface area contributed by atoms with Crippen LogP contribution in [-0.2, 0) is 17.8 Å². The molecule has 2 aromatic rings. The van der Waals surface area contributed by atoms with E-state index in [0.29, 0.717) is 6.42 Å².